The normalized spacial score (nSPS) is 11.7. The number of alkyl halides is 1. The van der Waals surface area contributed by atoms with Crippen LogP contribution in [-0.2, 0) is 12.1 Å². The van der Waals surface area contributed by atoms with Crippen LogP contribution >= 0.6 is 0 Å². The molecule has 0 aliphatic carbocycles. The highest BCUT2D eigenvalue weighted by Gasteiger charge is 2.20. The summed E-state index contributed by atoms with van der Waals surface area (Å²) in [6, 6.07) is 3.63. The van der Waals surface area contributed by atoms with E-state index in [0.717, 1.165) is 12.0 Å². The Bertz CT molecular complexity index is 278. The highest BCUT2D eigenvalue weighted by Crippen LogP contribution is 2.22. The van der Waals surface area contributed by atoms with E-state index in [1.165, 1.54) is 13.8 Å². The molecule has 0 saturated carbocycles. The molecule has 0 bridgehead atoms. The lowest BCUT2D eigenvalue weighted by Gasteiger charge is -2.13. The maximum atomic E-state index is 13.4. The van der Waals surface area contributed by atoms with Crippen LogP contribution in [0, 0.1) is 0 Å². The maximum Gasteiger partial charge on any atom is 0.147 e. The second-order valence-electron chi connectivity index (χ2n) is 3.56. The van der Waals surface area contributed by atoms with E-state index in [1.807, 2.05) is 6.07 Å². The van der Waals surface area contributed by atoms with Crippen LogP contribution in [0.25, 0.3) is 0 Å². The fraction of sp³-hybridized carbons (Fsp3) is 0.500. The van der Waals surface area contributed by atoms with Crippen molar-refractivity contribution in [3.8, 4) is 0 Å². The van der Waals surface area contributed by atoms with Crippen molar-refractivity contribution >= 4 is 0 Å². The number of nitrogens with zero attached hydrogens (tertiary/aromatic N) is 1. The molecule has 0 radical (unpaired) electrons. The summed E-state index contributed by atoms with van der Waals surface area (Å²) < 4.78 is 13.4. The number of hydrogen-bond acceptors (Lipinski definition) is 2. The molecule has 1 heterocycles. The van der Waals surface area contributed by atoms with E-state index in [2.05, 4.69) is 4.98 Å². The van der Waals surface area contributed by atoms with Gasteiger partial charge in [0.15, 0.2) is 0 Å². The summed E-state index contributed by atoms with van der Waals surface area (Å²) in [5.41, 5.74) is 5.55. The molecule has 0 amide bonds. The van der Waals surface area contributed by atoms with Gasteiger partial charge in [0, 0.05) is 6.20 Å². The molecule has 0 spiro atoms. The minimum atomic E-state index is -1.37. The second-order valence-corrected chi connectivity index (χ2v) is 3.56. The highest BCUT2D eigenvalue weighted by atomic mass is 19.1. The monoisotopic (exact) mass is 182 g/mol. The van der Waals surface area contributed by atoms with Crippen molar-refractivity contribution in [3.05, 3.63) is 29.6 Å². The van der Waals surface area contributed by atoms with E-state index < -0.39 is 5.67 Å². The number of hydrogen-bond donors (Lipinski definition) is 1. The molecule has 13 heavy (non-hydrogen) atoms. The predicted octanol–water partition coefficient (Wildman–Crippen LogP) is 1.79. The predicted molar refractivity (Wildman–Crippen MR) is 51.1 cm³/mol. The Morgan fingerprint density at radius 3 is 2.77 bits per heavy atom. The van der Waals surface area contributed by atoms with Crippen molar-refractivity contribution < 1.29 is 4.39 Å². The number of halogens is 1. The van der Waals surface area contributed by atoms with Gasteiger partial charge in [-0.2, -0.15) is 0 Å². The first-order valence-electron chi connectivity index (χ1n) is 4.38. The van der Waals surface area contributed by atoms with E-state index in [-0.39, 0.29) is 0 Å². The van der Waals surface area contributed by atoms with Crippen LogP contribution in [0.2, 0.25) is 0 Å². The molecule has 2 nitrogen and oxygen atoms in total. The first-order valence-corrected chi connectivity index (χ1v) is 4.38. The van der Waals surface area contributed by atoms with Gasteiger partial charge in [0.2, 0.25) is 0 Å². The molecule has 0 atom stereocenters. The Kier molecular flexibility index (Phi) is 2.98. The second kappa shape index (κ2) is 3.83. The third kappa shape index (κ3) is 2.77. The lowest BCUT2D eigenvalue weighted by Crippen LogP contribution is -2.12. The van der Waals surface area contributed by atoms with Crippen LogP contribution in [0.3, 0.4) is 0 Å². The lowest BCUT2D eigenvalue weighted by atomic mass is 10.0. The largest absolute Gasteiger partial charge is 0.330 e. The summed E-state index contributed by atoms with van der Waals surface area (Å²) in [6.45, 7) is 3.58. The first kappa shape index (κ1) is 10.1. The average Bonchev–Trinajstić information content (AvgIpc) is 2.04. The Morgan fingerprint density at radius 2 is 2.23 bits per heavy atom. The molecule has 0 aromatic carbocycles. The first-order chi connectivity index (χ1) is 6.04. The third-order valence-electron chi connectivity index (χ3n) is 1.87. The summed E-state index contributed by atoms with van der Waals surface area (Å²) in [5.74, 6) is 0. The van der Waals surface area contributed by atoms with Crippen molar-refractivity contribution in [3.63, 3.8) is 0 Å². The molecule has 1 aromatic rings. The molecule has 72 valence electrons. The fourth-order valence-corrected chi connectivity index (χ4v) is 1.12. The zero-order valence-corrected chi connectivity index (χ0v) is 8.05. The van der Waals surface area contributed by atoms with Gasteiger partial charge in [0.1, 0.15) is 5.67 Å². The Balaban J connectivity index is 2.92. The maximum absolute atomic E-state index is 13.4. The smallest absolute Gasteiger partial charge is 0.147 e. The van der Waals surface area contributed by atoms with Crippen molar-refractivity contribution in [1.29, 1.82) is 0 Å². The van der Waals surface area contributed by atoms with Crippen LogP contribution in [0.15, 0.2) is 18.3 Å². The summed E-state index contributed by atoms with van der Waals surface area (Å²) in [6.07, 6.45) is 2.40. The van der Waals surface area contributed by atoms with E-state index in [1.54, 1.807) is 12.3 Å². The SMILES string of the molecule is CC(C)(F)c1cc(CCN)ccn1. The van der Waals surface area contributed by atoms with Crippen molar-refractivity contribution in [2.45, 2.75) is 25.9 Å². The van der Waals surface area contributed by atoms with Crippen molar-refractivity contribution in [2.24, 2.45) is 5.73 Å². The van der Waals surface area contributed by atoms with Crippen LogP contribution in [0.4, 0.5) is 4.39 Å². The molecule has 0 aliphatic rings. The van der Waals surface area contributed by atoms with Gasteiger partial charge in [-0.1, -0.05) is 0 Å². The zero-order chi connectivity index (χ0) is 9.90. The molecular formula is C10H15FN2. The van der Waals surface area contributed by atoms with E-state index in [9.17, 15) is 4.39 Å². The van der Waals surface area contributed by atoms with Gasteiger partial charge in [0.25, 0.3) is 0 Å². The van der Waals surface area contributed by atoms with E-state index >= 15 is 0 Å². The van der Waals surface area contributed by atoms with Gasteiger partial charge in [-0.05, 0) is 44.5 Å². The van der Waals surface area contributed by atoms with Gasteiger partial charge in [0.05, 0.1) is 5.69 Å². The highest BCUT2D eigenvalue weighted by molar-refractivity contribution is 5.20. The van der Waals surface area contributed by atoms with Crippen LogP contribution < -0.4 is 5.73 Å². The molecule has 2 N–H and O–H groups in total. The van der Waals surface area contributed by atoms with Crippen LogP contribution in [0.1, 0.15) is 25.1 Å². The summed E-state index contributed by atoms with van der Waals surface area (Å²) in [5, 5.41) is 0. The Labute approximate surface area is 78.0 Å². The zero-order valence-electron chi connectivity index (χ0n) is 8.05. The molecule has 0 fully saturated rings. The number of rotatable bonds is 3. The molecule has 1 rings (SSSR count). The van der Waals surface area contributed by atoms with Gasteiger partial charge < -0.3 is 5.73 Å². The minimum Gasteiger partial charge on any atom is -0.330 e. The third-order valence-corrected chi connectivity index (χ3v) is 1.87. The van der Waals surface area contributed by atoms with Gasteiger partial charge in [-0.15, -0.1) is 0 Å². The number of pyridine rings is 1. The summed E-state index contributed by atoms with van der Waals surface area (Å²) in [7, 11) is 0. The molecule has 3 heteroatoms. The fourth-order valence-electron chi connectivity index (χ4n) is 1.12. The standard InChI is InChI=1S/C10H15FN2/c1-10(2,11)9-7-8(3-5-12)4-6-13-9/h4,6-7H,3,5,12H2,1-2H3. The molecular weight excluding hydrogens is 167 g/mol. The van der Waals surface area contributed by atoms with Crippen LogP contribution in [0.5, 0.6) is 0 Å². The molecule has 0 aliphatic heterocycles. The quantitative estimate of drug-likeness (QED) is 0.774. The van der Waals surface area contributed by atoms with E-state index in [0.29, 0.717) is 12.2 Å². The number of aromatic nitrogens is 1. The van der Waals surface area contributed by atoms with Gasteiger partial charge in [-0.3, -0.25) is 4.98 Å². The van der Waals surface area contributed by atoms with E-state index in [4.69, 9.17) is 5.73 Å². The van der Waals surface area contributed by atoms with Crippen molar-refractivity contribution in [1.82, 2.24) is 4.98 Å². The Morgan fingerprint density at radius 1 is 1.54 bits per heavy atom. The molecule has 0 saturated heterocycles. The molecule has 0 unspecified atom stereocenters. The minimum absolute atomic E-state index is 0.471. The van der Waals surface area contributed by atoms with Gasteiger partial charge >= 0.3 is 0 Å². The summed E-state index contributed by atoms with van der Waals surface area (Å²) in [4.78, 5) is 3.98. The van der Waals surface area contributed by atoms with Gasteiger partial charge in [-0.25, -0.2) is 4.39 Å². The average molecular weight is 182 g/mol. The number of nitrogens with two attached hydrogens (primary N) is 1. The van der Waals surface area contributed by atoms with Crippen molar-refractivity contribution in [2.75, 3.05) is 6.54 Å². The molecule has 1 aromatic heterocycles. The van der Waals surface area contributed by atoms with Crippen LogP contribution in [-0.4, -0.2) is 11.5 Å². The topological polar surface area (TPSA) is 38.9 Å². The lowest BCUT2D eigenvalue weighted by molar-refractivity contribution is 0.214. The summed E-state index contributed by atoms with van der Waals surface area (Å²) >= 11 is 0. The Hall–Kier alpha value is -0.960.